The van der Waals surface area contributed by atoms with Gasteiger partial charge < -0.3 is 80.2 Å². The molecule has 4 unspecified atom stereocenters. The van der Waals surface area contributed by atoms with E-state index in [0.717, 1.165) is 51.4 Å². The Balaban J connectivity index is 1.21. The van der Waals surface area contributed by atoms with Crippen molar-refractivity contribution in [1.29, 1.82) is 0 Å². The maximum Gasteiger partial charge on any atom is 0.157 e. The molecule has 16 heteroatoms. The molecule has 0 aliphatic heterocycles. The molecule has 4 fully saturated rings. The first-order valence-corrected chi connectivity index (χ1v) is 34.3. The summed E-state index contributed by atoms with van der Waals surface area (Å²) in [5.41, 5.74) is 3.72. The Labute approximate surface area is 559 Å². The van der Waals surface area contributed by atoms with Gasteiger partial charge in [-0.2, -0.15) is 0 Å². The Hall–Kier alpha value is -9.44. The molecule has 0 aromatic heterocycles. The van der Waals surface area contributed by atoms with Crippen molar-refractivity contribution in [3.63, 3.8) is 0 Å². The molecule has 504 valence electrons. The molecule has 96 heavy (non-hydrogen) atoms. The average molecular weight is 1310 g/mol. The van der Waals surface area contributed by atoms with E-state index >= 15 is 0 Å². The van der Waals surface area contributed by atoms with Gasteiger partial charge in [0, 0.05) is 92.4 Å². The maximum atomic E-state index is 13.3. The third-order valence-corrected chi connectivity index (χ3v) is 21.5. The van der Waals surface area contributed by atoms with E-state index < -0.39 is 69.7 Å². The summed E-state index contributed by atoms with van der Waals surface area (Å²) in [6, 6.07) is 30.8. The summed E-state index contributed by atoms with van der Waals surface area (Å²) >= 11 is 0. The fraction of sp³-hybridized carbons (Fsp3) is 0.400. The fourth-order valence-corrected chi connectivity index (χ4v) is 15.7. The second-order valence-corrected chi connectivity index (χ2v) is 28.5. The zero-order valence-corrected chi connectivity index (χ0v) is 54.8. The van der Waals surface area contributed by atoms with Crippen LogP contribution in [0.3, 0.4) is 0 Å². The van der Waals surface area contributed by atoms with E-state index in [1.807, 2.05) is 0 Å². The lowest BCUT2D eigenvalue weighted by Crippen LogP contribution is -2.25. The Morgan fingerprint density at radius 3 is 0.573 bits per heavy atom. The maximum absolute atomic E-state index is 13.3. The van der Waals surface area contributed by atoms with Crippen LogP contribution in [0.5, 0.6) is 92.0 Å². The fourth-order valence-electron chi connectivity index (χ4n) is 15.7. The lowest BCUT2D eigenvalue weighted by molar-refractivity contribution is 0.133. The minimum atomic E-state index is -1.17. The van der Waals surface area contributed by atoms with E-state index in [9.17, 15) is 61.3 Å². The minimum Gasteiger partial charge on any atom is -0.507 e. The Kier molecular flexibility index (Phi) is 18.3. The second-order valence-electron chi connectivity index (χ2n) is 28.5. The highest BCUT2D eigenvalue weighted by atomic mass is 16.5. The molecule has 5 aliphatic rings. The van der Waals surface area contributed by atoms with Gasteiger partial charge in [0.15, 0.2) is 46.0 Å². The predicted molar refractivity (Wildman–Crippen MR) is 363 cm³/mol. The van der Waals surface area contributed by atoms with E-state index in [1.165, 1.54) is 48.5 Å². The van der Waals surface area contributed by atoms with E-state index in [4.69, 9.17) is 18.9 Å². The number of phenols is 12. The number of aromatic hydroxyl groups is 12. The molecule has 8 bridgehead atoms. The highest BCUT2D eigenvalue weighted by Crippen LogP contribution is 2.57. The average Bonchev–Trinajstić information content (AvgIpc) is 0.740. The molecule has 0 saturated heterocycles. The molecule has 16 nitrogen and oxygen atoms in total. The van der Waals surface area contributed by atoms with Gasteiger partial charge in [-0.3, -0.25) is 0 Å². The third-order valence-electron chi connectivity index (χ3n) is 21.5. The summed E-state index contributed by atoms with van der Waals surface area (Å²) < 4.78 is 28.7. The van der Waals surface area contributed by atoms with Gasteiger partial charge in [0.05, 0.1) is 24.4 Å². The Morgan fingerprint density at radius 1 is 0.208 bits per heavy atom. The Morgan fingerprint density at radius 2 is 0.396 bits per heavy atom. The molecule has 0 amide bonds. The van der Waals surface area contributed by atoms with Gasteiger partial charge in [-0.25, -0.2) is 0 Å². The van der Waals surface area contributed by atoms with Crippen LogP contribution in [-0.4, -0.2) is 85.7 Å². The summed E-state index contributed by atoms with van der Waals surface area (Å²) in [4.78, 5) is 0. The SMILES string of the molecule is CC1CCC(Oc2cc(O)c3cc2C(c2ccc(O)c(O)c2)c2cc(c(OC4CCC(C)CC4)cc2O)C(c2ccc(O)c(O)c2)c2cc(c(OC4CCC(C)CC4)cc2O)C(c2ccc(O)c(O)c2)c2cc(c(OC4CCC(C)CC4)cc2O)C3c2ccc(O)c(O)c2)CC1. The van der Waals surface area contributed by atoms with Crippen LogP contribution in [0.15, 0.2) is 121 Å². The van der Waals surface area contributed by atoms with Gasteiger partial charge in [-0.1, -0.05) is 52.0 Å². The van der Waals surface area contributed by atoms with Crippen molar-refractivity contribution in [2.75, 3.05) is 0 Å². The predicted octanol–water partition coefficient (Wildman–Crippen LogP) is 17.0. The van der Waals surface area contributed by atoms with Gasteiger partial charge >= 0.3 is 0 Å². The van der Waals surface area contributed by atoms with Crippen molar-refractivity contribution in [1.82, 2.24) is 0 Å². The van der Waals surface area contributed by atoms with E-state index in [2.05, 4.69) is 27.7 Å². The number of benzene rings is 8. The van der Waals surface area contributed by atoms with Crippen LogP contribution in [-0.2, 0) is 0 Å². The zero-order chi connectivity index (χ0) is 67.4. The number of hydrogen-bond donors (Lipinski definition) is 12. The normalized spacial score (nSPS) is 25.1. The summed E-state index contributed by atoms with van der Waals surface area (Å²) in [6.07, 6.45) is 11.0. The van der Waals surface area contributed by atoms with E-state index in [0.29, 0.717) is 120 Å². The first-order chi connectivity index (χ1) is 46.1. The molecular weight excluding hydrogens is 1220 g/mol. The lowest BCUT2D eigenvalue weighted by atomic mass is 9.75. The highest BCUT2D eigenvalue weighted by molar-refractivity contribution is 5.69. The van der Waals surface area contributed by atoms with Crippen molar-refractivity contribution in [3.8, 4) is 92.0 Å². The number of rotatable bonds is 12. The molecule has 4 atom stereocenters. The summed E-state index contributed by atoms with van der Waals surface area (Å²) in [7, 11) is 0. The molecule has 8 aromatic carbocycles. The summed E-state index contributed by atoms with van der Waals surface area (Å²) in [6.45, 7) is 8.79. The monoisotopic (exact) mass is 1300 g/mol. The van der Waals surface area contributed by atoms with Crippen LogP contribution in [0.1, 0.15) is 221 Å². The van der Waals surface area contributed by atoms with Crippen molar-refractivity contribution in [2.24, 2.45) is 23.7 Å². The second kappa shape index (κ2) is 27.0. The number of fused-ring (bicyclic) bond motifs is 8. The largest absolute Gasteiger partial charge is 0.507 e. The van der Waals surface area contributed by atoms with Crippen LogP contribution in [0, 0.1) is 23.7 Å². The molecule has 12 N–H and O–H groups in total. The van der Waals surface area contributed by atoms with E-state index in [-0.39, 0.29) is 92.7 Å². The quantitative estimate of drug-likeness (QED) is 0.0507. The molecule has 8 aromatic rings. The van der Waals surface area contributed by atoms with Crippen molar-refractivity contribution in [3.05, 3.63) is 188 Å². The van der Waals surface area contributed by atoms with Gasteiger partial charge in [0.1, 0.15) is 46.0 Å². The zero-order valence-electron chi connectivity index (χ0n) is 54.8. The standard InChI is InChI=1S/C80H88O16/c1-41-5-17-49(18-6-41)93-73-37-65(85)53-33-57(73)77(45-13-25-61(81)69(89)29-45)54-34-58(74(38-66(54)86)94-50-19-7-42(2)8-20-50)79(47-15-27-63(83)71(91)31-47)56-36-60(76(40-68(56)88)96-52-23-11-44(4)12-24-52)80(48-16-28-64(84)72(92)32-48)55-35-59(78(53)46-14-26-62(82)70(90)30-46)75(39-67(55)87)95-51-21-9-43(3)10-22-51/h13-16,25-44,49-52,77-92H,5-12,17-24H2,1-4H3. The van der Waals surface area contributed by atoms with Gasteiger partial charge in [0.25, 0.3) is 0 Å². The summed E-state index contributed by atoms with van der Waals surface area (Å²) in [5.74, 6) is -6.71. The first-order valence-electron chi connectivity index (χ1n) is 34.3. The van der Waals surface area contributed by atoms with Crippen molar-refractivity contribution < 1.29 is 80.2 Å². The molecule has 0 spiro atoms. The number of hydrogen-bond acceptors (Lipinski definition) is 16. The van der Waals surface area contributed by atoms with Crippen LogP contribution in [0.4, 0.5) is 0 Å². The molecule has 4 saturated carbocycles. The molecule has 0 heterocycles. The minimum absolute atomic E-state index is 0.212. The Bertz CT molecular complexity index is 3630. The molecular formula is C80H88O16. The van der Waals surface area contributed by atoms with E-state index in [1.54, 1.807) is 72.8 Å². The van der Waals surface area contributed by atoms with Crippen LogP contribution >= 0.6 is 0 Å². The number of phenolic OH excluding ortho intramolecular Hbond substituents is 12. The summed E-state index contributed by atoms with van der Waals surface area (Å²) in [5, 5.41) is 144. The topological polar surface area (TPSA) is 280 Å². The first kappa shape index (κ1) is 65.2. The van der Waals surface area contributed by atoms with Crippen molar-refractivity contribution in [2.45, 2.75) is 179 Å². The van der Waals surface area contributed by atoms with Crippen LogP contribution in [0.25, 0.3) is 0 Å². The van der Waals surface area contributed by atoms with Gasteiger partial charge in [-0.05, 0) is 221 Å². The van der Waals surface area contributed by atoms with Gasteiger partial charge in [0.2, 0.25) is 0 Å². The lowest BCUT2D eigenvalue weighted by Gasteiger charge is -2.34. The third kappa shape index (κ3) is 13.3. The highest BCUT2D eigenvalue weighted by Gasteiger charge is 2.39. The van der Waals surface area contributed by atoms with Gasteiger partial charge in [-0.15, -0.1) is 0 Å². The molecule has 13 rings (SSSR count). The molecule has 0 radical (unpaired) electrons. The molecule has 5 aliphatic carbocycles. The van der Waals surface area contributed by atoms with Crippen LogP contribution < -0.4 is 18.9 Å². The van der Waals surface area contributed by atoms with Crippen molar-refractivity contribution >= 4 is 0 Å². The van der Waals surface area contributed by atoms with Crippen LogP contribution in [0.2, 0.25) is 0 Å². The number of ether oxygens (including phenoxy) is 4. The smallest absolute Gasteiger partial charge is 0.157 e.